The molecule has 4 rings (SSSR count). The number of rotatable bonds is 4. The maximum Gasteiger partial charge on any atom is 0.335 e. The number of nitrogens with one attached hydrogen (secondary N) is 1. The maximum absolute atomic E-state index is 13.3. The highest BCUT2D eigenvalue weighted by molar-refractivity contribution is 6.40. The Morgan fingerprint density at radius 2 is 1.67 bits per heavy atom. The summed E-state index contributed by atoms with van der Waals surface area (Å²) in [5.74, 6) is -1.41. The highest BCUT2D eigenvalue weighted by atomic mass is 35.5. The van der Waals surface area contributed by atoms with E-state index in [9.17, 15) is 14.4 Å². The summed E-state index contributed by atoms with van der Waals surface area (Å²) >= 11 is 6.19. The lowest BCUT2D eigenvalue weighted by atomic mass is 10.1. The molecule has 1 aliphatic heterocycles. The largest absolute Gasteiger partial charge is 0.335 e. The van der Waals surface area contributed by atoms with E-state index in [0.29, 0.717) is 16.3 Å². The zero-order chi connectivity index (χ0) is 23.9. The Labute approximate surface area is 197 Å². The van der Waals surface area contributed by atoms with Crippen LogP contribution >= 0.6 is 11.6 Å². The Hall–Kier alpha value is -3.64. The van der Waals surface area contributed by atoms with E-state index in [4.69, 9.17) is 11.6 Å². The second-order valence-electron chi connectivity index (χ2n) is 7.99. The van der Waals surface area contributed by atoms with Crippen LogP contribution in [-0.2, 0) is 16.0 Å². The molecule has 0 radical (unpaired) electrons. The molecule has 0 aliphatic carbocycles. The van der Waals surface area contributed by atoms with Gasteiger partial charge in [0.05, 0.1) is 5.69 Å². The van der Waals surface area contributed by atoms with E-state index in [0.717, 1.165) is 34.0 Å². The summed E-state index contributed by atoms with van der Waals surface area (Å²) in [5.41, 5.74) is 5.65. The molecule has 1 saturated heterocycles. The summed E-state index contributed by atoms with van der Waals surface area (Å²) in [6.45, 7) is 7.75. The van der Waals surface area contributed by atoms with E-state index in [2.05, 4.69) is 28.9 Å². The number of imide groups is 2. The molecule has 6 nitrogen and oxygen atoms in total. The zero-order valence-electron chi connectivity index (χ0n) is 18.9. The first-order valence-corrected chi connectivity index (χ1v) is 11.1. The van der Waals surface area contributed by atoms with Gasteiger partial charge in [-0.15, -0.1) is 0 Å². The van der Waals surface area contributed by atoms with Crippen molar-refractivity contribution in [3.05, 3.63) is 87.2 Å². The summed E-state index contributed by atoms with van der Waals surface area (Å²) in [7, 11) is 0. The SMILES string of the molecule is CCc1ccccc1-n1c(C)cc(/C=C2\C(=O)NC(=O)N(c3cccc(Cl)c3C)C2=O)c1C. The van der Waals surface area contributed by atoms with Crippen LogP contribution in [0.3, 0.4) is 0 Å². The molecule has 0 bridgehead atoms. The van der Waals surface area contributed by atoms with Crippen LogP contribution in [-0.4, -0.2) is 22.4 Å². The molecule has 0 spiro atoms. The first-order chi connectivity index (χ1) is 15.7. The van der Waals surface area contributed by atoms with Crippen molar-refractivity contribution in [2.45, 2.75) is 34.1 Å². The number of para-hydroxylation sites is 1. The number of carbonyl (C=O) groups is 3. The topological polar surface area (TPSA) is 71.4 Å². The fourth-order valence-electron chi connectivity index (χ4n) is 4.20. The van der Waals surface area contributed by atoms with Crippen molar-refractivity contribution in [1.29, 1.82) is 0 Å². The molecule has 2 aromatic carbocycles. The van der Waals surface area contributed by atoms with Gasteiger partial charge in [-0.3, -0.25) is 14.9 Å². The van der Waals surface area contributed by atoms with Crippen LogP contribution in [0.4, 0.5) is 10.5 Å². The lowest BCUT2D eigenvalue weighted by Gasteiger charge is -2.27. The van der Waals surface area contributed by atoms with Gasteiger partial charge in [0, 0.05) is 22.1 Å². The summed E-state index contributed by atoms with van der Waals surface area (Å²) in [6, 6.07) is 14.2. The monoisotopic (exact) mass is 461 g/mol. The summed E-state index contributed by atoms with van der Waals surface area (Å²) in [6.07, 6.45) is 2.42. The smallest absolute Gasteiger partial charge is 0.318 e. The molecule has 1 N–H and O–H groups in total. The van der Waals surface area contributed by atoms with Crippen LogP contribution < -0.4 is 10.2 Å². The zero-order valence-corrected chi connectivity index (χ0v) is 19.7. The van der Waals surface area contributed by atoms with Crippen LogP contribution in [0.25, 0.3) is 11.8 Å². The molecule has 3 aromatic rings. The number of aryl methyl sites for hydroxylation is 2. The van der Waals surface area contributed by atoms with Gasteiger partial charge in [-0.25, -0.2) is 9.69 Å². The Bertz CT molecular complexity index is 1340. The van der Waals surface area contributed by atoms with Gasteiger partial charge in [-0.05, 0) is 74.2 Å². The number of urea groups is 1. The lowest BCUT2D eigenvalue weighted by Crippen LogP contribution is -2.54. The molecule has 4 amide bonds. The van der Waals surface area contributed by atoms with E-state index >= 15 is 0 Å². The number of hydrogen-bond acceptors (Lipinski definition) is 3. The van der Waals surface area contributed by atoms with E-state index < -0.39 is 17.8 Å². The highest BCUT2D eigenvalue weighted by Crippen LogP contribution is 2.31. The van der Waals surface area contributed by atoms with Gasteiger partial charge >= 0.3 is 6.03 Å². The fraction of sp³-hybridized carbons (Fsp3) is 0.192. The van der Waals surface area contributed by atoms with Crippen molar-refractivity contribution in [3.8, 4) is 5.69 Å². The van der Waals surface area contributed by atoms with E-state index in [1.807, 2.05) is 32.0 Å². The Morgan fingerprint density at radius 3 is 2.39 bits per heavy atom. The van der Waals surface area contributed by atoms with Gasteiger partial charge < -0.3 is 4.57 Å². The molecular weight excluding hydrogens is 438 g/mol. The van der Waals surface area contributed by atoms with Crippen molar-refractivity contribution < 1.29 is 14.4 Å². The van der Waals surface area contributed by atoms with Crippen molar-refractivity contribution in [2.75, 3.05) is 4.90 Å². The van der Waals surface area contributed by atoms with Crippen LogP contribution in [0.15, 0.2) is 54.1 Å². The fourth-order valence-corrected chi connectivity index (χ4v) is 4.37. The average molecular weight is 462 g/mol. The van der Waals surface area contributed by atoms with Gasteiger partial charge in [0.15, 0.2) is 0 Å². The normalized spacial score (nSPS) is 15.4. The third-order valence-electron chi connectivity index (χ3n) is 5.97. The number of halogens is 1. The molecule has 33 heavy (non-hydrogen) atoms. The molecule has 2 heterocycles. The molecular formula is C26H24ClN3O3. The van der Waals surface area contributed by atoms with E-state index in [1.54, 1.807) is 31.2 Å². The van der Waals surface area contributed by atoms with Crippen molar-refractivity contribution in [2.24, 2.45) is 0 Å². The van der Waals surface area contributed by atoms with Crippen molar-refractivity contribution in [1.82, 2.24) is 9.88 Å². The molecule has 0 unspecified atom stereocenters. The van der Waals surface area contributed by atoms with Crippen molar-refractivity contribution in [3.63, 3.8) is 0 Å². The first kappa shape index (κ1) is 22.6. The quantitative estimate of drug-likeness (QED) is 0.424. The van der Waals surface area contributed by atoms with Crippen LogP contribution in [0.5, 0.6) is 0 Å². The van der Waals surface area contributed by atoms with Crippen LogP contribution in [0.2, 0.25) is 5.02 Å². The van der Waals surface area contributed by atoms with E-state index in [1.165, 1.54) is 5.56 Å². The summed E-state index contributed by atoms with van der Waals surface area (Å²) in [5, 5.41) is 2.70. The second kappa shape index (κ2) is 8.71. The molecule has 0 atom stereocenters. The third-order valence-corrected chi connectivity index (χ3v) is 6.37. The van der Waals surface area contributed by atoms with Crippen molar-refractivity contribution >= 4 is 41.2 Å². The molecule has 0 saturated carbocycles. The minimum atomic E-state index is -0.796. The Kier molecular flexibility index (Phi) is 5.95. The Morgan fingerprint density at radius 1 is 0.970 bits per heavy atom. The molecule has 7 heteroatoms. The number of amides is 4. The number of barbiturate groups is 1. The average Bonchev–Trinajstić information content (AvgIpc) is 3.06. The minimum Gasteiger partial charge on any atom is -0.318 e. The molecule has 168 valence electrons. The summed E-state index contributed by atoms with van der Waals surface area (Å²) in [4.78, 5) is 39.5. The standard InChI is InChI=1S/C26H24ClN3O3/c1-5-18-9-6-7-11-23(18)29-15(2)13-19(17(29)4)14-20-24(31)28-26(33)30(25(20)32)22-12-8-10-21(27)16(22)3/h6-14H,5H2,1-4H3,(H,28,31,33)/b20-14+. The number of benzene rings is 2. The van der Waals surface area contributed by atoms with Crippen LogP contribution in [0, 0.1) is 20.8 Å². The first-order valence-electron chi connectivity index (χ1n) is 10.7. The van der Waals surface area contributed by atoms with Gasteiger partial charge in [0.25, 0.3) is 11.8 Å². The predicted molar refractivity (Wildman–Crippen MR) is 130 cm³/mol. The van der Waals surface area contributed by atoms with Gasteiger partial charge in [-0.2, -0.15) is 0 Å². The molecule has 1 fully saturated rings. The Balaban J connectivity index is 1.80. The molecule has 1 aromatic heterocycles. The van der Waals surface area contributed by atoms with Crippen LogP contribution in [0.1, 0.15) is 35.0 Å². The van der Waals surface area contributed by atoms with Gasteiger partial charge in [-0.1, -0.05) is 42.8 Å². The number of aromatic nitrogens is 1. The third kappa shape index (κ3) is 3.87. The second-order valence-corrected chi connectivity index (χ2v) is 8.39. The number of anilines is 1. The van der Waals surface area contributed by atoms with Gasteiger partial charge in [0.1, 0.15) is 5.57 Å². The van der Waals surface area contributed by atoms with E-state index in [-0.39, 0.29) is 5.57 Å². The molecule has 1 aliphatic rings. The number of nitrogens with zero attached hydrogens (tertiary/aromatic N) is 2. The lowest BCUT2D eigenvalue weighted by molar-refractivity contribution is -0.122. The van der Waals surface area contributed by atoms with Gasteiger partial charge in [0.2, 0.25) is 0 Å². The highest BCUT2D eigenvalue weighted by Gasteiger charge is 2.37. The minimum absolute atomic E-state index is 0.113. The predicted octanol–water partition coefficient (Wildman–Crippen LogP) is 5.28. The summed E-state index contributed by atoms with van der Waals surface area (Å²) < 4.78 is 2.11. The maximum atomic E-state index is 13.3. The number of carbonyl (C=O) groups excluding carboxylic acids is 3. The number of hydrogen-bond donors (Lipinski definition) is 1.